The Morgan fingerprint density at radius 2 is 1.95 bits per heavy atom. The van der Waals surface area contributed by atoms with Crippen LogP contribution < -0.4 is 15.2 Å². The Balaban J connectivity index is 2.30. The lowest BCUT2D eigenvalue weighted by atomic mass is 9.85. The molecular formula is C17H27NO2. The molecule has 0 saturated carbocycles. The number of fused-ring (bicyclic) bond motifs is 1. The minimum Gasteiger partial charge on any atom is -0.484 e. The maximum Gasteiger partial charge on any atom is 0.165 e. The second-order valence-corrected chi connectivity index (χ2v) is 7.55. The third kappa shape index (κ3) is 3.09. The predicted octanol–water partition coefficient (Wildman–Crippen LogP) is 3.54. The first-order valence-corrected chi connectivity index (χ1v) is 7.33. The van der Waals surface area contributed by atoms with Crippen molar-refractivity contribution in [1.29, 1.82) is 0 Å². The number of para-hydroxylation sites is 1. The van der Waals surface area contributed by atoms with Crippen LogP contribution >= 0.6 is 0 Å². The normalized spacial score (nSPS) is 19.9. The van der Waals surface area contributed by atoms with Gasteiger partial charge in [0.25, 0.3) is 0 Å². The SMILES string of the molecule is CC(N)C(Oc1cccc2c1OC(C)(C)C2)C(C)(C)C. The summed E-state index contributed by atoms with van der Waals surface area (Å²) in [6.45, 7) is 12.6. The summed E-state index contributed by atoms with van der Waals surface area (Å²) in [5.74, 6) is 1.69. The third-order valence-corrected chi connectivity index (χ3v) is 3.64. The molecule has 0 bridgehead atoms. The Morgan fingerprint density at radius 1 is 1.30 bits per heavy atom. The lowest BCUT2D eigenvalue weighted by Crippen LogP contribution is -2.45. The first-order valence-electron chi connectivity index (χ1n) is 7.33. The van der Waals surface area contributed by atoms with Crippen LogP contribution in [-0.2, 0) is 6.42 Å². The van der Waals surface area contributed by atoms with Crippen molar-refractivity contribution in [3.05, 3.63) is 23.8 Å². The molecule has 0 amide bonds. The molecule has 2 N–H and O–H groups in total. The molecule has 2 atom stereocenters. The number of benzene rings is 1. The molecule has 0 aliphatic carbocycles. The van der Waals surface area contributed by atoms with Crippen LogP contribution in [-0.4, -0.2) is 17.7 Å². The van der Waals surface area contributed by atoms with E-state index in [9.17, 15) is 0 Å². The van der Waals surface area contributed by atoms with Crippen LogP contribution in [0.5, 0.6) is 11.5 Å². The monoisotopic (exact) mass is 277 g/mol. The molecule has 112 valence electrons. The highest BCUT2D eigenvalue weighted by Crippen LogP contribution is 2.43. The maximum atomic E-state index is 6.23. The number of hydrogen-bond donors (Lipinski definition) is 1. The van der Waals surface area contributed by atoms with Gasteiger partial charge in [0.15, 0.2) is 11.5 Å². The molecule has 0 spiro atoms. The molecule has 0 aromatic heterocycles. The predicted molar refractivity (Wildman–Crippen MR) is 82.4 cm³/mol. The summed E-state index contributed by atoms with van der Waals surface area (Å²) in [4.78, 5) is 0. The number of ether oxygens (including phenoxy) is 2. The molecule has 3 heteroatoms. The second-order valence-electron chi connectivity index (χ2n) is 7.55. The van der Waals surface area contributed by atoms with Gasteiger partial charge < -0.3 is 15.2 Å². The molecule has 0 saturated heterocycles. The molecule has 1 aliphatic heterocycles. The zero-order valence-electron chi connectivity index (χ0n) is 13.5. The highest BCUT2D eigenvalue weighted by atomic mass is 16.5. The van der Waals surface area contributed by atoms with E-state index in [-0.39, 0.29) is 23.2 Å². The Labute approximate surface area is 122 Å². The van der Waals surface area contributed by atoms with E-state index >= 15 is 0 Å². The molecule has 2 rings (SSSR count). The zero-order chi connectivity index (χ0) is 15.1. The van der Waals surface area contributed by atoms with Gasteiger partial charge in [-0.3, -0.25) is 0 Å². The van der Waals surface area contributed by atoms with E-state index in [4.69, 9.17) is 15.2 Å². The van der Waals surface area contributed by atoms with Crippen LogP contribution in [0.1, 0.15) is 47.1 Å². The van der Waals surface area contributed by atoms with Gasteiger partial charge in [-0.25, -0.2) is 0 Å². The molecule has 1 heterocycles. The van der Waals surface area contributed by atoms with Gasteiger partial charge in [-0.2, -0.15) is 0 Å². The molecule has 0 radical (unpaired) electrons. The highest BCUT2D eigenvalue weighted by Gasteiger charge is 2.35. The molecule has 1 aromatic carbocycles. The fourth-order valence-corrected chi connectivity index (χ4v) is 2.89. The van der Waals surface area contributed by atoms with E-state index in [1.165, 1.54) is 5.56 Å². The number of nitrogens with two attached hydrogens (primary N) is 1. The summed E-state index contributed by atoms with van der Waals surface area (Å²) in [5, 5.41) is 0. The van der Waals surface area contributed by atoms with E-state index in [2.05, 4.69) is 40.7 Å². The van der Waals surface area contributed by atoms with Crippen molar-refractivity contribution < 1.29 is 9.47 Å². The summed E-state index contributed by atoms with van der Waals surface area (Å²) in [6.07, 6.45) is 0.860. The average Bonchev–Trinajstić information content (AvgIpc) is 2.58. The lowest BCUT2D eigenvalue weighted by molar-refractivity contribution is 0.0603. The quantitative estimate of drug-likeness (QED) is 0.919. The van der Waals surface area contributed by atoms with Crippen LogP contribution in [0, 0.1) is 5.41 Å². The number of hydrogen-bond acceptors (Lipinski definition) is 3. The van der Waals surface area contributed by atoms with Gasteiger partial charge in [0.2, 0.25) is 0 Å². The van der Waals surface area contributed by atoms with Crippen molar-refractivity contribution >= 4 is 0 Å². The summed E-state index contributed by atoms with van der Waals surface area (Å²) in [6, 6.07) is 6.07. The Morgan fingerprint density at radius 3 is 2.50 bits per heavy atom. The van der Waals surface area contributed by atoms with Crippen LogP contribution in [0.15, 0.2) is 18.2 Å². The van der Waals surface area contributed by atoms with E-state index in [1.807, 2.05) is 19.1 Å². The molecule has 2 unspecified atom stereocenters. The summed E-state index contributed by atoms with van der Waals surface area (Å²) in [5.41, 5.74) is 7.13. The third-order valence-electron chi connectivity index (χ3n) is 3.64. The first kappa shape index (κ1) is 15.2. The largest absolute Gasteiger partial charge is 0.484 e. The molecule has 0 fully saturated rings. The smallest absolute Gasteiger partial charge is 0.165 e. The highest BCUT2D eigenvalue weighted by molar-refractivity contribution is 5.50. The van der Waals surface area contributed by atoms with E-state index in [1.54, 1.807) is 0 Å². The maximum absolute atomic E-state index is 6.23. The van der Waals surface area contributed by atoms with Gasteiger partial charge in [-0.05, 0) is 26.8 Å². The molecule has 1 aliphatic rings. The molecule has 20 heavy (non-hydrogen) atoms. The lowest BCUT2D eigenvalue weighted by Gasteiger charge is -2.34. The standard InChI is InChI=1S/C17H27NO2/c1-11(18)15(16(2,3)4)19-13-9-7-8-12-10-17(5,6)20-14(12)13/h7-9,11,15H,10,18H2,1-6H3. The second kappa shape index (κ2) is 4.96. The van der Waals surface area contributed by atoms with Crippen LogP contribution in [0.25, 0.3) is 0 Å². The topological polar surface area (TPSA) is 44.5 Å². The summed E-state index contributed by atoms with van der Waals surface area (Å²) < 4.78 is 12.3. The van der Waals surface area contributed by atoms with Crippen molar-refractivity contribution in [2.75, 3.05) is 0 Å². The van der Waals surface area contributed by atoms with Crippen molar-refractivity contribution in [1.82, 2.24) is 0 Å². The van der Waals surface area contributed by atoms with Gasteiger partial charge in [0, 0.05) is 23.4 Å². The Kier molecular flexibility index (Phi) is 3.76. The van der Waals surface area contributed by atoms with Crippen LogP contribution in [0.3, 0.4) is 0 Å². The van der Waals surface area contributed by atoms with Crippen LogP contribution in [0.2, 0.25) is 0 Å². The van der Waals surface area contributed by atoms with Gasteiger partial charge >= 0.3 is 0 Å². The fraction of sp³-hybridized carbons (Fsp3) is 0.647. The Hall–Kier alpha value is -1.22. The van der Waals surface area contributed by atoms with Crippen LogP contribution in [0.4, 0.5) is 0 Å². The first-order chi connectivity index (χ1) is 9.10. The fourth-order valence-electron chi connectivity index (χ4n) is 2.89. The minimum absolute atomic E-state index is 0.0228. The van der Waals surface area contributed by atoms with E-state index in [0.29, 0.717) is 0 Å². The van der Waals surface area contributed by atoms with Crippen molar-refractivity contribution in [2.45, 2.75) is 65.7 Å². The van der Waals surface area contributed by atoms with Crippen molar-refractivity contribution in [3.8, 4) is 11.5 Å². The van der Waals surface area contributed by atoms with Gasteiger partial charge in [0.1, 0.15) is 11.7 Å². The van der Waals surface area contributed by atoms with Gasteiger partial charge in [-0.15, -0.1) is 0 Å². The van der Waals surface area contributed by atoms with Gasteiger partial charge in [-0.1, -0.05) is 32.9 Å². The molecular weight excluding hydrogens is 250 g/mol. The minimum atomic E-state index is -0.159. The van der Waals surface area contributed by atoms with E-state index in [0.717, 1.165) is 17.9 Å². The average molecular weight is 277 g/mol. The zero-order valence-corrected chi connectivity index (χ0v) is 13.5. The number of rotatable bonds is 3. The summed E-state index contributed by atoms with van der Waals surface area (Å²) >= 11 is 0. The van der Waals surface area contributed by atoms with Crippen molar-refractivity contribution in [3.63, 3.8) is 0 Å². The van der Waals surface area contributed by atoms with Gasteiger partial charge in [0.05, 0.1) is 0 Å². The molecule has 1 aromatic rings. The van der Waals surface area contributed by atoms with Crippen molar-refractivity contribution in [2.24, 2.45) is 11.1 Å². The van der Waals surface area contributed by atoms with E-state index < -0.39 is 0 Å². The Bertz CT molecular complexity index is 486. The molecule has 3 nitrogen and oxygen atoms in total. The summed E-state index contributed by atoms with van der Waals surface area (Å²) in [7, 11) is 0.